The zero-order valence-electron chi connectivity index (χ0n) is 14.4. The molecule has 1 heterocycles. The van der Waals surface area contributed by atoms with E-state index in [4.69, 9.17) is 9.72 Å². The highest BCUT2D eigenvalue weighted by molar-refractivity contribution is 5.89. The Morgan fingerprint density at radius 3 is 2.10 bits per heavy atom. The van der Waals surface area contributed by atoms with Gasteiger partial charge in [-0.15, -0.1) is 0 Å². The van der Waals surface area contributed by atoms with Crippen molar-refractivity contribution in [3.8, 4) is 5.75 Å². The summed E-state index contributed by atoms with van der Waals surface area (Å²) in [4.78, 5) is 4.78. The first-order valence-electron chi connectivity index (χ1n) is 7.71. The normalized spacial score (nSPS) is 12.7. The maximum atomic E-state index is 6.00. The van der Waals surface area contributed by atoms with E-state index in [1.807, 2.05) is 13.1 Å². The molecule has 2 aromatic rings. The molecule has 1 aromatic carbocycles. The Morgan fingerprint density at radius 2 is 1.57 bits per heavy atom. The zero-order chi connectivity index (χ0) is 15.8. The number of ether oxygens (including phenoxy) is 1. The lowest BCUT2D eigenvalue weighted by Gasteiger charge is -2.26. The predicted octanol–water partition coefficient (Wildman–Crippen LogP) is 5.23. The number of fused-ring (bicyclic) bond motifs is 1. The molecule has 0 bridgehead atoms. The van der Waals surface area contributed by atoms with Gasteiger partial charge in [-0.1, -0.05) is 53.7 Å². The van der Waals surface area contributed by atoms with Crippen LogP contribution >= 0.6 is 0 Å². The van der Waals surface area contributed by atoms with Crippen LogP contribution in [0.4, 0.5) is 0 Å². The molecule has 0 aliphatic carbocycles. The van der Waals surface area contributed by atoms with E-state index in [0.717, 1.165) is 16.7 Å². The van der Waals surface area contributed by atoms with E-state index in [9.17, 15) is 0 Å². The van der Waals surface area contributed by atoms with Gasteiger partial charge in [0.2, 0.25) is 0 Å². The first-order chi connectivity index (χ1) is 9.66. The largest absolute Gasteiger partial charge is 0.493 e. The summed E-state index contributed by atoms with van der Waals surface area (Å²) in [5.41, 5.74) is 3.58. The lowest BCUT2D eigenvalue weighted by atomic mass is 9.83. The molecule has 0 spiro atoms. The van der Waals surface area contributed by atoms with Crippen LogP contribution in [-0.4, -0.2) is 11.6 Å². The molecule has 0 aliphatic heterocycles. The van der Waals surface area contributed by atoms with Gasteiger partial charge in [-0.05, 0) is 29.4 Å². The highest BCUT2D eigenvalue weighted by atomic mass is 16.5. The molecule has 21 heavy (non-hydrogen) atoms. The molecule has 2 rings (SSSR count). The molecule has 0 unspecified atom stereocenters. The van der Waals surface area contributed by atoms with E-state index in [2.05, 4.69) is 59.7 Å². The van der Waals surface area contributed by atoms with E-state index in [-0.39, 0.29) is 10.8 Å². The van der Waals surface area contributed by atoms with E-state index in [1.165, 1.54) is 11.1 Å². The van der Waals surface area contributed by atoms with Crippen LogP contribution < -0.4 is 4.74 Å². The van der Waals surface area contributed by atoms with Crippen LogP contribution in [0.1, 0.15) is 59.6 Å². The molecule has 114 valence electrons. The fraction of sp³-hybridized carbons (Fsp3) is 0.526. The van der Waals surface area contributed by atoms with Crippen molar-refractivity contribution in [3.05, 3.63) is 35.5 Å². The number of benzene rings is 1. The Balaban J connectivity index is 2.82. The maximum absolute atomic E-state index is 6.00. The summed E-state index contributed by atoms with van der Waals surface area (Å²) in [6.07, 6.45) is 1.99. The first kappa shape index (κ1) is 15.8. The maximum Gasteiger partial charge on any atom is 0.133 e. The van der Waals surface area contributed by atoms with E-state index >= 15 is 0 Å². The number of hydrogen-bond acceptors (Lipinski definition) is 2. The van der Waals surface area contributed by atoms with Crippen molar-refractivity contribution in [1.82, 2.24) is 4.98 Å². The van der Waals surface area contributed by atoms with Gasteiger partial charge >= 0.3 is 0 Å². The lowest BCUT2D eigenvalue weighted by Crippen LogP contribution is -2.16. The van der Waals surface area contributed by atoms with Gasteiger partial charge in [0.05, 0.1) is 12.1 Å². The average Bonchev–Trinajstić information content (AvgIpc) is 2.36. The van der Waals surface area contributed by atoms with Crippen LogP contribution in [0.2, 0.25) is 0 Å². The van der Waals surface area contributed by atoms with Crippen molar-refractivity contribution in [1.29, 1.82) is 0 Å². The summed E-state index contributed by atoms with van der Waals surface area (Å²) in [7, 11) is 0. The Bertz CT molecular complexity index is 645. The summed E-state index contributed by atoms with van der Waals surface area (Å²) in [5.74, 6) is 0.987. The lowest BCUT2D eigenvalue weighted by molar-refractivity contribution is 0.333. The predicted molar refractivity (Wildman–Crippen MR) is 90.3 cm³/mol. The fourth-order valence-corrected chi connectivity index (χ4v) is 2.64. The topological polar surface area (TPSA) is 22.1 Å². The molecule has 2 nitrogen and oxygen atoms in total. The van der Waals surface area contributed by atoms with Crippen LogP contribution in [-0.2, 0) is 10.8 Å². The fourth-order valence-electron chi connectivity index (χ4n) is 2.64. The minimum absolute atomic E-state index is 0.0173. The van der Waals surface area contributed by atoms with Gasteiger partial charge in [0.1, 0.15) is 5.75 Å². The third-order valence-electron chi connectivity index (χ3n) is 3.75. The van der Waals surface area contributed by atoms with Gasteiger partial charge in [-0.3, -0.25) is 4.98 Å². The van der Waals surface area contributed by atoms with Crippen LogP contribution in [0.3, 0.4) is 0 Å². The molecule has 2 heteroatoms. The van der Waals surface area contributed by atoms with E-state index in [0.29, 0.717) is 6.61 Å². The molecule has 0 saturated heterocycles. The van der Waals surface area contributed by atoms with Crippen molar-refractivity contribution in [2.24, 2.45) is 0 Å². The number of hydrogen-bond donors (Lipinski definition) is 0. The van der Waals surface area contributed by atoms with Crippen LogP contribution in [0, 0.1) is 0 Å². The van der Waals surface area contributed by atoms with Crippen molar-refractivity contribution in [3.63, 3.8) is 0 Å². The van der Waals surface area contributed by atoms with Gasteiger partial charge in [0, 0.05) is 17.1 Å². The Morgan fingerprint density at radius 1 is 0.952 bits per heavy atom. The minimum atomic E-state index is 0.0173. The van der Waals surface area contributed by atoms with Gasteiger partial charge in [0.25, 0.3) is 0 Å². The number of pyridine rings is 1. The molecule has 0 amide bonds. The molecule has 0 aliphatic rings. The number of nitrogens with zero attached hydrogens (tertiary/aromatic N) is 1. The molecule has 0 fully saturated rings. The number of rotatable bonds is 2. The summed E-state index contributed by atoms with van der Waals surface area (Å²) in [5, 5.41) is 1.12. The molecular formula is C19H27NO. The second-order valence-corrected chi connectivity index (χ2v) is 7.64. The summed E-state index contributed by atoms with van der Waals surface area (Å²) < 4.78 is 6.00. The second-order valence-electron chi connectivity index (χ2n) is 7.64. The summed E-state index contributed by atoms with van der Waals surface area (Å²) >= 11 is 0. The highest BCUT2D eigenvalue weighted by Crippen LogP contribution is 2.39. The molecule has 1 aromatic heterocycles. The van der Waals surface area contributed by atoms with E-state index in [1.54, 1.807) is 0 Å². The van der Waals surface area contributed by atoms with E-state index < -0.39 is 0 Å². The number of aromatic nitrogens is 1. The third kappa shape index (κ3) is 3.04. The quantitative estimate of drug-likeness (QED) is 0.754. The average molecular weight is 285 g/mol. The van der Waals surface area contributed by atoms with Gasteiger partial charge in [-0.2, -0.15) is 0 Å². The molecule has 0 saturated carbocycles. The SMILES string of the molecule is CCOc1c(C(C)(C)C)cnc2c(C(C)(C)C)cccc12. The molecular weight excluding hydrogens is 258 g/mol. The standard InChI is InChI=1S/C19H27NO/c1-8-21-17-13-10-9-11-14(18(2,3)4)16(13)20-12-15(17)19(5,6)7/h9-12H,8H2,1-7H3. The van der Waals surface area contributed by atoms with Crippen LogP contribution in [0.25, 0.3) is 10.9 Å². The zero-order valence-corrected chi connectivity index (χ0v) is 14.4. The molecule has 0 N–H and O–H groups in total. The monoisotopic (exact) mass is 285 g/mol. The second kappa shape index (κ2) is 5.32. The summed E-state index contributed by atoms with van der Waals surface area (Å²) in [6, 6.07) is 6.40. The minimum Gasteiger partial charge on any atom is -0.493 e. The van der Waals surface area contributed by atoms with Crippen molar-refractivity contribution in [2.45, 2.75) is 59.3 Å². The Hall–Kier alpha value is -1.57. The molecule has 0 atom stereocenters. The van der Waals surface area contributed by atoms with Crippen molar-refractivity contribution < 1.29 is 4.74 Å². The summed E-state index contributed by atoms with van der Waals surface area (Å²) in [6.45, 7) is 16.0. The number of para-hydroxylation sites is 1. The Kier molecular flexibility index (Phi) is 4.01. The Labute approximate surface area is 128 Å². The van der Waals surface area contributed by atoms with Crippen LogP contribution in [0.5, 0.6) is 5.75 Å². The third-order valence-corrected chi connectivity index (χ3v) is 3.75. The van der Waals surface area contributed by atoms with Gasteiger partial charge in [-0.25, -0.2) is 0 Å². The van der Waals surface area contributed by atoms with Crippen LogP contribution in [0.15, 0.2) is 24.4 Å². The van der Waals surface area contributed by atoms with Gasteiger partial charge in [0.15, 0.2) is 0 Å². The van der Waals surface area contributed by atoms with Gasteiger partial charge < -0.3 is 4.74 Å². The highest BCUT2D eigenvalue weighted by Gasteiger charge is 2.24. The first-order valence-corrected chi connectivity index (χ1v) is 7.71. The smallest absolute Gasteiger partial charge is 0.133 e. The van der Waals surface area contributed by atoms with Crippen molar-refractivity contribution >= 4 is 10.9 Å². The van der Waals surface area contributed by atoms with Crippen molar-refractivity contribution in [2.75, 3.05) is 6.61 Å². The molecule has 0 radical (unpaired) electrons.